The number of halogens is 2. The van der Waals surface area contributed by atoms with Gasteiger partial charge in [-0.25, -0.2) is 9.18 Å². The van der Waals surface area contributed by atoms with Gasteiger partial charge in [-0.2, -0.15) is 0 Å². The predicted octanol–water partition coefficient (Wildman–Crippen LogP) is 2.13. The summed E-state index contributed by atoms with van der Waals surface area (Å²) in [5, 5.41) is 2.59. The van der Waals surface area contributed by atoms with Crippen molar-refractivity contribution in [3.05, 3.63) is 24.0 Å². The molecule has 0 bridgehead atoms. The summed E-state index contributed by atoms with van der Waals surface area (Å²) in [6.07, 6.45) is -0.987. The Morgan fingerprint density at radius 1 is 1.38 bits per heavy atom. The van der Waals surface area contributed by atoms with Gasteiger partial charge in [0, 0.05) is 35.7 Å². The molecule has 24 heavy (non-hydrogen) atoms. The molecular formula is C15H17FIN3O4. The standard InChI is InChI=1S/C15H17FIN3O4/c16-12-7-10(1-2-13(12)19-3-5-23-6-4-19)20-9-11(24-15(20)22)8-18-14(17)21/h1-2,7,11H,3-6,8-9H2,(H,18,21)/t11-/m0/s1. The number of ether oxygens (including phenoxy) is 2. The number of hydrogen-bond acceptors (Lipinski definition) is 5. The van der Waals surface area contributed by atoms with E-state index in [0.29, 0.717) is 37.7 Å². The Balaban J connectivity index is 1.69. The van der Waals surface area contributed by atoms with Gasteiger partial charge in [-0.05, 0) is 18.2 Å². The number of nitrogens with one attached hydrogen (secondary N) is 1. The molecule has 0 radical (unpaired) electrons. The Bertz CT molecular complexity index is 639. The van der Waals surface area contributed by atoms with Gasteiger partial charge in [0.1, 0.15) is 11.9 Å². The van der Waals surface area contributed by atoms with Crippen LogP contribution in [0.3, 0.4) is 0 Å². The first-order valence-electron chi connectivity index (χ1n) is 7.58. The van der Waals surface area contributed by atoms with Gasteiger partial charge in [-0.15, -0.1) is 0 Å². The normalized spacial score (nSPS) is 20.9. The van der Waals surface area contributed by atoms with Crippen molar-refractivity contribution < 1.29 is 23.5 Å². The van der Waals surface area contributed by atoms with Gasteiger partial charge in [0.15, 0.2) is 0 Å². The summed E-state index contributed by atoms with van der Waals surface area (Å²) >= 11 is 1.61. The minimum Gasteiger partial charge on any atom is -0.442 e. The van der Waals surface area contributed by atoms with Gasteiger partial charge in [0.2, 0.25) is 0 Å². The highest BCUT2D eigenvalue weighted by atomic mass is 127. The average molecular weight is 449 g/mol. The van der Waals surface area contributed by atoms with Crippen LogP contribution in [0.15, 0.2) is 18.2 Å². The molecule has 0 saturated carbocycles. The maximum absolute atomic E-state index is 14.4. The van der Waals surface area contributed by atoms with E-state index in [0.717, 1.165) is 0 Å². The fraction of sp³-hybridized carbons (Fsp3) is 0.467. The molecule has 9 heteroatoms. The van der Waals surface area contributed by atoms with E-state index in [1.165, 1.54) is 11.0 Å². The lowest BCUT2D eigenvalue weighted by Gasteiger charge is -2.29. The summed E-state index contributed by atoms with van der Waals surface area (Å²) in [5.41, 5.74) is 0.946. The van der Waals surface area contributed by atoms with Crippen LogP contribution in [-0.2, 0) is 9.47 Å². The molecule has 2 amide bonds. The zero-order chi connectivity index (χ0) is 17.1. The van der Waals surface area contributed by atoms with Crippen LogP contribution in [0.25, 0.3) is 0 Å². The van der Waals surface area contributed by atoms with E-state index in [1.807, 2.05) is 4.90 Å². The molecule has 0 unspecified atom stereocenters. The van der Waals surface area contributed by atoms with Crippen LogP contribution in [0.5, 0.6) is 0 Å². The molecule has 2 saturated heterocycles. The second kappa shape index (κ2) is 7.51. The third-order valence-electron chi connectivity index (χ3n) is 3.94. The van der Waals surface area contributed by atoms with Crippen molar-refractivity contribution in [3.63, 3.8) is 0 Å². The maximum atomic E-state index is 14.4. The van der Waals surface area contributed by atoms with E-state index in [1.54, 1.807) is 34.7 Å². The maximum Gasteiger partial charge on any atom is 0.414 e. The number of cyclic esters (lactones) is 1. The van der Waals surface area contributed by atoms with Gasteiger partial charge in [0.25, 0.3) is 3.91 Å². The quantitative estimate of drug-likeness (QED) is 0.434. The Labute approximate surface area is 152 Å². The number of nitrogens with zero attached hydrogens (tertiary/aromatic N) is 2. The predicted molar refractivity (Wildman–Crippen MR) is 94.5 cm³/mol. The molecule has 130 valence electrons. The van der Waals surface area contributed by atoms with Crippen molar-refractivity contribution in [3.8, 4) is 0 Å². The summed E-state index contributed by atoms with van der Waals surface area (Å²) in [4.78, 5) is 26.2. The summed E-state index contributed by atoms with van der Waals surface area (Å²) in [6, 6.07) is 4.71. The topological polar surface area (TPSA) is 71.1 Å². The van der Waals surface area contributed by atoms with Gasteiger partial charge in [0.05, 0.1) is 37.7 Å². The van der Waals surface area contributed by atoms with Gasteiger partial charge >= 0.3 is 6.09 Å². The van der Waals surface area contributed by atoms with Crippen LogP contribution in [0.4, 0.5) is 25.4 Å². The van der Waals surface area contributed by atoms with Crippen molar-refractivity contribution in [2.24, 2.45) is 0 Å². The molecule has 3 rings (SSSR count). The first kappa shape index (κ1) is 17.2. The number of amides is 2. The third kappa shape index (κ3) is 3.89. The van der Waals surface area contributed by atoms with Gasteiger partial charge in [-0.1, -0.05) is 0 Å². The molecule has 0 spiro atoms. The summed E-state index contributed by atoms with van der Waals surface area (Å²) < 4.78 is 24.7. The van der Waals surface area contributed by atoms with Crippen LogP contribution < -0.4 is 15.1 Å². The average Bonchev–Trinajstić information content (AvgIpc) is 2.94. The molecule has 2 aliphatic heterocycles. The van der Waals surface area contributed by atoms with Crippen molar-refractivity contribution in [2.75, 3.05) is 49.2 Å². The lowest BCUT2D eigenvalue weighted by atomic mass is 10.2. The second-order valence-corrected chi connectivity index (χ2v) is 6.49. The van der Waals surface area contributed by atoms with Crippen LogP contribution in [0.2, 0.25) is 0 Å². The van der Waals surface area contributed by atoms with E-state index in [-0.39, 0.29) is 22.8 Å². The number of rotatable bonds is 4. The first-order valence-corrected chi connectivity index (χ1v) is 8.66. The Morgan fingerprint density at radius 2 is 2.12 bits per heavy atom. The molecule has 0 aromatic heterocycles. The Morgan fingerprint density at radius 3 is 2.79 bits per heavy atom. The monoisotopic (exact) mass is 449 g/mol. The second-order valence-electron chi connectivity index (χ2n) is 5.51. The molecule has 0 aliphatic carbocycles. The van der Waals surface area contributed by atoms with Crippen molar-refractivity contribution in [1.29, 1.82) is 0 Å². The largest absolute Gasteiger partial charge is 0.442 e. The minimum atomic E-state index is -0.541. The molecule has 1 N–H and O–H groups in total. The van der Waals surface area contributed by atoms with Gasteiger partial charge in [-0.3, -0.25) is 9.69 Å². The zero-order valence-electron chi connectivity index (χ0n) is 12.8. The number of carbonyl (C=O) groups is 2. The highest BCUT2D eigenvalue weighted by molar-refractivity contribution is 14.1. The summed E-state index contributed by atoms with van der Waals surface area (Å²) in [5.74, 6) is -0.383. The zero-order valence-corrected chi connectivity index (χ0v) is 15.0. The highest BCUT2D eigenvalue weighted by Crippen LogP contribution is 2.28. The van der Waals surface area contributed by atoms with Gasteiger partial charge < -0.3 is 19.7 Å². The summed E-state index contributed by atoms with van der Waals surface area (Å²) in [6.45, 7) is 2.93. The van der Waals surface area contributed by atoms with Crippen molar-refractivity contribution in [1.82, 2.24) is 5.32 Å². The Kier molecular flexibility index (Phi) is 5.39. The number of benzene rings is 1. The summed E-state index contributed by atoms with van der Waals surface area (Å²) in [7, 11) is 0. The Hall–Kier alpha value is -1.62. The first-order chi connectivity index (χ1) is 11.5. The van der Waals surface area contributed by atoms with Crippen LogP contribution in [0, 0.1) is 5.82 Å². The molecule has 2 fully saturated rings. The fourth-order valence-corrected chi connectivity index (χ4v) is 2.98. The smallest absolute Gasteiger partial charge is 0.414 e. The highest BCUT2D eigenvalue weighted by Gasteiger charge is 2.33. The number of anilines is 2. The lowest BCUT2D eigenvalue weighted by molar-refractivity contribution is 0.122. The van der Waals surface area contributed by atoms with Crippen molar-refractivity contribution in [2.45, 2.75) is 6.10 Å². The molecule has 1 aromatic carbocycles. The van der Waals surface area contributed by atoms with Crippen LogP contribution in [-0.4, -0.2) is 55.5 Å². The van der Waals surface area contributed by atoms with Crippen molar-refractivity contribution >= 4 is 44.0 Å². The fourth-order valence-electron chi connectivity index (χ4n) is 2.76. The third-order valence-corrected chi connectivity index (χ3v) is 4.32. The van der Waals surface area contributed by atoms with E-state index in [2.05, 4.69) is 5.32 Å². The number of carbonyl (C=O) groups excluding carboxylic acids is 2. The molecular weight excluding hydrogens is 432 g/mol. The lowest BCUT2D eigenvalue weighted by Crippen LogP contribution is -2.36. The number of morpholine rings is 1. The van der Waals surface area contributed by atoms with E-state index in [9.17, 15) is 14.0 Å². The molecule has 1 aromatic rings. The van der Waals surface area contributed by atoms with E-state index >= 15 is 0 Å². The molecule has 2 aliphatic rings. The molecule has 2 heterocycles. The van der Waals surface area contributed by atoms with E-state index in [4.69, 9.17) is 9.47 Å². The number of hydrogen-bond donors (Lipinski definition) is 1. The molecule has 1 atom stereocenters. The minimum absolute atomic E-state index is 0.219. The molecule has 7 nitrogen and oxygen atoms in total. The SMILES string of the molecule is O=C(I)NC[C@H]1CN(c2ccc(N3CCOCC3)c(F)c2)C(=O)O1. The van der Waals surface area contributed by atoms with Crippen LogP contribution >= 0.6 is 22.6 Å². The van der Waals surface area contributed by atoms with E-state index < -0.39 is 12.2 Å². The van der Waals surface area contributed by atoms with Crippen LogP contribution in [0.1, 0.15) is 0 Å².